The Hall–Kier alpha value is -0.860. The molecule has 1 aromatic carbocycles. The Morgan fingerprint density at radius 2 is 2.23 bits per heavy atom. The summed E-state index contributed by atoms with van der Waals surface area (Å²) in [6.45, 7) is 2.45. The van der Waals surface area contributed by atoms with E-state index in [9.17, 15) is 5.11 Å². The van der Waals surface area contributed by atoms with Gasteiger partial charge in [-0.3, -0.25) is 0 Å². The summed E-state index contributed by atoms with van der Waals surface area (Å²) in [6, 6.07) is 8.02. The van der Waals surface area contributed by atoms with E-state index in [0.717, 1.165) is 12.0 Å². The molecule has 0 radical (unpaired) electrons. The molecule has 0 aliphatic heterocycles. The first kappa shape index (κ1) is 8.73. The summed E-state index contributed by atoms with van der Waals surface area (Å²) in [4.78, 5) is 0. The van der Waals surface area contributed by atoms with Gasteiger partial charge in [0.1, 0.15) is 5.60 Å². The largest absolute Gasteiger partial charge is 0.384 e. The number of aliphatic hydroxyl groups is 1. The van der Waals surface area contributed by atoms with Crippen LogP contribution in [0.15, 0.2) is 24.3 Å². The van der Waals surface area contributed by atoms with Crippen molar-refractivity contribution >= 4 is 0 Å². The molecule has 0 heterocycles. The van der Waals surface area contributed by atoms with Gasteiger partial charge >= 0.3 is 0 Å². The fourth-order valence-corrected chi connectivity index (χ4v) is 2.27. The fourth-order valence-electron chi connectivity index (χ4n) is 2.27. The van der Waals surface area contributed by atoms with Gasteiger partial charge in [0.2, 0.25) is 0 Å². The van der Waals surface area contributed by atoms with Gasteiger partial charge in [-0.2, -0.15) is 0 Å². The summed E-state index contributed by atoms with van der Waals surface area (Å²) >= 11 is 0. The molecule has 2 unspecified atom stereocenters. The van der Waals surface area contributed by atoms with Crippen LogP contribution in [-0.2, 0) is 5.60 Å². The predicted molar refractivity (Wildman–Crippen MR) is 52.4 cm³/mol. The number of nitrogens with two attached hydrogens (primary N) is 1. The molecule has 0 saturated heterocycles. The lowest BCUT2D eigenvalue weighted by Crippen LogP contribution is -2.32. The maximum atomic E-state index is 10.2. The molecule has 0 saturated carbocycles. The second kappa shape index (κ2) is 2.82. The summed E-state index contributed by atoms with van der Waals surface area (Å²) in [5.41, 5.74) is 7.08. The minimum Gasteiger partial charge on any atom is -0.384 e. The van der Waals surface area contributed by atoms with E-state index in [2.05, 4.69) is 13.0 Å². The van der Waals surface area contributed by atoms with E-state index in [-0.39, 0.29) is 0 Å². The van der Waals surface area contributed by atoms with Gasteiger partial charge in [-0.15, -0.1) is 0 Å². The van der Waals surface area contributed by atoms with E-state index < -0.39 is 5.60 Å². The van der Waals surface area contributed by atoms with Crippen molar-refractivity contribution in [2.75, 3.05) is 6.54 Å². The Balaban J connectivity index is 2.53. The van der Waals surface area contributed by atoms with Crippen molar-refractivity contribution in [3.05, 3.63) is 35.4 Å². The highest BCUT2D eigenvalue weighted by atomic mass is 16.3. The Labute approximate surface area is 78.4 Å². The van der Waals surface area contributed by atoms with Gasteiger partial charge in [-0.25, -0.2) is 0 Å². The molecule has 70 valence electrons. The van der Waals surface area contributed by atoms with E-state index in [1.54, 1.807) is 0 Å². The normalized spacial score (nSPS) is 31.8. The molecule has 0 fully saturated rings. The first-order valence-electron chi connectivity index (χ1n) is 4.69. The maximum Gasteiger partial charge on any atom is 0.103 e. The Morgan fingerprint density at radius 1 is 1.54 bits per heavy atom. The van der Waals surface area contributed by atoms with Crippen LogP contribution in [-0.4, -0.2) is 11.7 Å². The number of fused-ring (bicyclic) bond motifs is 1. The van der Waals surface area contributed by atoms with Crippen molar-refractivity contribution in [3.63, 3.8) is 0 Å². The predicted octanol–water partition coefficient (Wildman–Crippen LogP) is 1.34. The number of rotatable bonds is 1. The summed E-state index contributed by atoms with van der Waals surface area (Å²) < 4.78 is 0. The second-order valence-electron chi connectivity index (χ2n) is 3.93. The Kier molecular flexibility index (Phi) is 1.90. The van der Waals surface area contributed by atoms with E-state index in [4.69, 9.17) is 5.73 Å². The van der Waals surface area contributed by atoms with Crippen LogP contribution in [0.2, 0.25) is 0 Å². The van der Waals surface area contributed by atoms with Crippen molar-refractivity contribution in [3.8, 4) is 0 Å². The lowest BCUT2D eigenvalue weighted by Gasteiger charge is -2.21. The molecule has 2 atom stereocenters. The quantitative estimate of drug-likeness (QED) is 0.680. The standard InChI is InChI=1S/C11H15NO/c1-8-6-11(13,7-12)10-5-3-2-4-9(8)10/h2-5,8,13H,6-7,12H2,1H3. The minimum atomic E-state index is -0.782. The SMILES string of the molecule is CC1CC(O)(CN)c2ccccc21. The molecular weight excluding hydrogens is 162 g/mol. The lowest BCUT2D eigenvalue weighted by molar-refractivity contribution is 0.0440. The van der Waals surface area contributed by atoms with E-state index in [0.29, 0.717) is 12.5 Å². The number of hydrogen-bond acceptors (Lipinski definition) is 2. The van der Waals surface area contributed by atoms with Crippen LogP contribution in [0.1, 0.15) is 30.4 Å². The molecule has 0 aromatic heterocycles. The molecule has 0 amide bonds. The van der Waals surface area contributed by atoms with Crippen LogP contribution in [0.3, 0.4) is 0 Å². The third-order valence-electron chi connectivity index (χ3n) is 2.97. The smallest absolute Gasteiger partial charge is 0.103 e. The Bertz CT molecular complexity index is 324. The number of benzene rings is 1. The zero-order valence-corrected chi connectivity index (χ0v) is 7.83. The van der Waals surface area contributed by atoms with Gasteiger partial charge in [0, 0.05) is 6.54 Å². The van der Waals surface area contributed by atoms with Crippen LogP contribution in [0.25, 0.3) is 0 Å². The monoisotopic (exact) mass is 177 g/mol. The molecule has 3 N–H and O–H groups in total. The van der Waals surface area contributed by atoms with Crippen molar-refractivity contribution in [2.24, 2.45) is 5.73 Å². The molecule has 2 rings (SSSR count). The van der Waals surface area contributed by atoms with Crippen molar-refractivity contribution < 1.29 is 5.11 Å². The average molecular weight is 177 g/mol. The Morgan fingerprint density at radius 3 is 2.92 bits per heavy atom. The third kappa shape index (κ3) is 1.18. The van der Waals surface area contributed by atoms with Gasteiger partial charge in [0.25, 0.3) is 0 Å². The average Bonchev–Trinajstić information content (AvgIpc) is 2.42. The highest BCUT2D eigenvalue weighted by molar-refractivity contribution is 5.40. The number of hydrogen-bond donors (Lipinski definition) is 2. The van der Waals surface area contributed by atoms with Crippen LogP contribution < -0.4 is 5.73 Å². The molecular formula is C11H15NO. The summed E-state index contributed by atoms with van der Waals surface area (Å²) in [7, 11) is 0. The van der Waals surface area contributed by atoms with Crippen LogP contribution in [0.4, 0.5) is 0 Å². The van der Waals surface area contributed by atoms with Crippen LogP contribution in [0, 0.1) is 0 Å². The zero-order chi connectivity index (χ0) is 9.47. The van der Waals surface area contributed by atoms with E-state index in [1.807, 2.05) is 18.2 Å². The first-order valence-corrected chi connectivity index (χ1v) is 4.69. The van der Waals surface area contributed by atoms with Crippen molar-refractivity contribution in [1.29, 1.82) is 0 Å². The minimum absolute atomic E-state index is 0.314. The summed E-state index contributed by atoms with van der Waals surface area (Å²) in [5.74, 6) is 0.421. The van der Waals surface area contributed by atoms with Gasteiger partial charge in [-0.1, -0.05) is 31.2 Å². The van der Waals surface area contributed by atoms with Gasteiger partial charge in [0.15, 0.2) is 0 Å². The molecule has 1 aliphatic carbocycles. The molecule has 2 nitrogen and oxygen atoms in total. The second-order valence-corrected chi connectivity index (χ2v) is 3.93. The van der Waals surface area contributed by atoms with Crippen molar-refractivity contribution in [2.45, 2.75) is 24.9 Å². The van der Waals surface area contributed by atoms with Crippen LogP contribution >= 0.6 is 0 Å². The van der Waals surface area contributed by atoms with Crippen LogP contribution in [0.5, 0.6) is 0 Å². The first-order chi connectivity index (χ1) is 6.17. The molecule has 2 heteroatoms. The lowest BCUT2D eigenvalue weighted by atomic mass is 9.96. The fraction of sp³-hybridized carbons (Fsp3) is 0.455. The molecule has 1 aromatic rings. The summed E-state index contributed by atoms with van der Waals surface area (Å²) in [6.07, 6.45) is 0.753. The molecule has 1 aliphatic rings. The highest BCUT2D eigenvalue weighted by Crippen LogP contribution is 2.43. The maximum absolute atomic E-state index is 10.2. The van der Waals surface area contributed by atoms with Gasteiger partial charge < -0.3 is 10.8 Å². The van der Waals surface area contributed by atoms with Gasteiger partial charge in [0.05, 0.1) is 0 Å². The topological polar surface area (TPSA) is 46.2 Å². The zero-order valence-electron chi connectivity index (χ0n) is 7.83. The van der Waals surface area contributed by atoms with Crippen molar-refractivity contribution in [1.82, 2.24) is 0 Å². The summed E-state index contributed by atoms with van der Waals surface area (Å²) in [5, 5.41) is 10.2. The highest BCUT2D eigenvalue weighted by Gasteiger charge is 2.38. The molecule has 0 bridgehead atoms. The third-order valence-corrected chi connectivity index (χ3v) is 2.97. The van der Waals surface area contributed by atoms with E-state index in [1.165, 1.54) is 5.56 Å². The molecule has 13 heavy (non-hydrogen) atoms. The van der Waals surface area contributed by atoms with Gasteiger partial charge in [-0.05, 0) is 23.5 Å². The molecule has 0 spiro atoms. The van der Waals surface area contributed by atoms with E-state index >= 15 is 0 Å².